The van der Waals surface area contributed by atoms with Gasteiger partial charge < -0.3 is 0 Å². The van der Waals surface area contributed by atoms with Gasteiger partial charge in [-0.25, -0.2) is 16.4 Å². The quantitative estimate of drug-likeness (QED) is 0.355. The van der Waals surface area contributed by atoms with Crippen LogP contribution in [-0.2, 0) is 21.7 Å². The van der Waals surface area contributed by atoms with E-state index in [1.165, 1.54) is 59.8 Å². The maximum absolute atomic E-state index is 2.21. The van der Waals surface area contributed by atoms with E-state index < -0.39 is 0 Å². The number of halogens is 1. The van der Waals surface area contributed by atoms with E-state index in [2.05, 4.69) is 55.4 Å². The predicted molar refractivity (Wildman–Crippen MR) is 94.2 cm³/mol. The van der Waals surface area contributed by atoms with Crippen molar-refractivity contribution in [3.8, 4) is 0 Å². The molecule has 4 heteroatoms. The van der Waals surface area contributed by atoms with Gasteiger partial charge in [-0.3, -0.25) is 0 Å². The van der Waals surface area contributed by atoms with Crippen LogP contribution in [0.2, 0.25) is 0 Å². The van der Waals surface area contributed by atoms with Gasteiger partial charge in [0.1, 0.15) is 0 Å². The minimum absolute atomic E-state index is 0. The second-order valence-corrected chi connectivity index (χ2v) is 8.20. The van der Waals surface area contributed by atoms with Crippen LogP contribution in [0.3, 0.4) is 0 Å². The van der Waals surface area contributed by atoms with Gasteiger partial charge in [-0.1, -0.05) is 55.4 Å². The summed E-state index contributed by atoms with van der Waals surface area (Å²) in [6.07, 6.45) is 0. The molecule has 20 heavy (non-hydrogen) atoms. The third-order valence-corrected chi connectivity index (χ3v) is 6.65. The first kappa shape index (κ1) is 22.8. The standard InChI is InChI=1S/2C8H12P.ClH.Ti/c2*1-5-6(2)8(4)9-7(5)3;;/h2*1-4H3;1H;/q2*-1;;+2. The maximum Gasteiger partial charge on any atom is 2.00 e. The molecular weight excluding hydrogens is 337 g/mol. The van der Waals surface area contributed by atoms with E-state index in [-0.39, 0.29) is 34.1 Å². The molecule has 0 saturated carbocycles. The summed E-state index contributed by atoms with van der Waals surface area (Å²) in [4.78, 5) is 0. The third-order valence-electron chi connectivity index (χ3n) is 3.97. The third kappa shape index (κ3) is 5.40. The molecule has 0 aliphatic rings. The molecule has 0 amide bonds. The predicted octanol–water partition coefficient (Wildman–Crippen LogP) is 6.86. The molecule has 2 heterocycles. The summed E-state index contributed by atoms with van der Waals surface area (Å²) in [6.45, 7) is 17.6. The van der Waals surface area contributed by atoms with Crippen LogP contribution in [0.1, 0.15) is 43.4 Å². The first-order chi connectivity index (χ1) is 8.25. The van der Waals surface area contributed by atoms with Gasteiger partial charge in [0, 0.05) is 0 Å². The van der Waals surface area contributed by atoms with Crippen LogP contribution in [-0.4, -0.2) is 0 Å². The van der Waals surface area contributed by atoms with Crippen molar-refractivity contribution in [1.82, 2.24) is 0 Å². The van der Waals surface area contributed by atoms with Crippen molar-refractivity contribution in [2.45, 2.75) is 55.4 Å². The molecule has 0 N–H and O–H groups in total. The van der Waals surface area contributed by atoms with Gasteiger partial charge in [0.15, 0.2) is 0 Å². The molecule has 0 aliphatic heterocycles. The Hall–Kier alpha value is 0.564. The Labute approximate surface area is 149 Å². The first-order valence-corrected chi connectivity index (χ1v) is 8.18. The second-order valence-electron chi connectivity index (χ2n) is 5.07. The monoisotopic (exact) mass is 362 g/mol. The summed E-state index contributed by atoms with van der Waals surface area (Å²) in [5.41, 5.74) is 5.98. The van der Waals surface area contributed by atoms with Crippen molar-refractivity contribution in [2.24, 2.45) is 0 Å². The minimum Gasteiger partial charge on any atom is -0.220 e. The van der Waals surface area contributed by atoms with Gasteiger partial charge in [0.25, 0.3) is 0 Å². The van der Waals surface area contributed by atoms with Crippen molar-refractivity contribution in [1.29, 1.82) is 0 Å². The Balaban J connectivity index is 0. The van der Waals surface area contributed by atoms with Crippen molar-refractivity contribution < 1.29 is 21.7 Å². The molecule has 2 aromatic rings. The summed E-state index contributed by atoms with van der Waals surface area (Å²) in [5.74, 6) is 0. The summed E-state index contributed by atoms with van der Waals surface area (Å²) >= 11 is 0. The van der Waals surface area contributed by atoms with Crippen LogP contribution in [0.4, 0.5) is 0 Å². The summed E-state index contributed by atoms with van der Waals surface area (Å²) in [7, 11) is 2.87. The fraction of sp³-hybridized carbons (Fsp3) is 0.500. The summed E-state index contributed by atoms with van der Waals surface area (Å²) < 4.78 is 0. The molecule has 0 radical (unpaired) electrons. The molecule has 0 aliphatic carbocycles. The van der Waals surface area contributed by atoms with Crippen LogP contribution in [0.25, 0.3) is 0 Å². The van der Waals surface area contributed by atoms with E-state index >= 15 is 0 Å². The molecule has 0 fully saturated rings. The fourth-order valence-corrected chi connectivity index (χ4v) is 4.27. The van der Waals surface area contributed by atoms with Crippen molar-refractivity contribution >= 4 is 28.8 Å². The van der Waals surface area contributed by atoms with Crippen molar-refractivity contribution in [3.63, 3.8) is 0 Å². The minimum atomic E-state index is 0. The molecular formula is C16H25ClP2Ti. The van der Waals surface area contributed by atoms with Crippen molar-refractivity contribution in [3.05, 3.63) is 43.4 Å². The van der Waals surface area contributed by atoms with Crippen LogP contribution < -0.4 is 0 Å². The Bertz CT molecular complexity index is 458. The molecule has 2 rings (SSSR count). The number of aryl methyl sites for hydroxylation is 4. The van der Waals surface area contributed by atoms with Crippen LogP contribution in [0.5, 0.6) is 0 Å². The molecule has 0 saturated heterocycles. The van der Waals surface area contributed by atoms with Gasteiger partial charge >= 0.3 is 21.7 Å². The molecule has 110 valence electrons. The van der Waals surface area contributed by atoms with Crippen LogP contribution in [0.15, 0.2) is 0 Å². The Kier molecular flexibility index (Phi) is 10.9. The SMILES string of the molecule is Cc1p[c-](C)c(C)c1C.Cc1p[c-](C)c(C)c1C.Cl.[Ti+2]. The average molecular weight is 363 g/mol. The molecule has 0 atom stereocenters. The molecule has 0 aromatic carbocycles. The normalized spacial score (nSPS) is 10.0. The van der Waals surface area contributed by atoms with Crippen molar-refractivity contribution in [2.75, 3.05) is 0 Å². The number of hydrogen-bond donors (Lipinski definition) is 0. The summed E-state index contributed by atoms with van der Waals surface area (Å²) in [5, 5.41) is 6.07. The number of rotatable bonds is 0. The van der Waals surface area contributed by atoms with Gasteiger partial charge in [-0.15, -0.1) is 23.0 Å². The molecule has 2 aromatic heterocycles. The smallest absolute Gasteiger partial charge is 0.220 e. The zero-order valence-corrected chi connectivity index (χ0v) is 18.0. The van der Waals surface area contributed by atoms with E-state index in [4.69, 9.17) is 0 Å². The summed E-state index contributed by atoms with van der Waals surface area (Å²) in [6, 6.07) is 0. The Morgan fingerprint density at radius 1 is 0.650 bits per heavy atom. The topological polar surface area (TPSA) is 0 Å². The molecule has 0 bridgehead atoms. The Morgan fingerprint density at radius 2 is 0.900 bits per heavy atom. The van der Waals surface area contributed by atoms with E-state index in [1.54, 1.807) is 0 Å². The van der Waals surface area contributed by atoms with E-state index in [0.717, 1.165) is 0 Å². The van der Waals surface area contributed by atoms with Crippen LogP contribution >= 0.6 is 28.8 Å². The molecule has 0 spiro atoms. The molecule has 0 unspecified atom stereocenters. The largest absolute Gasteiger partial charge is 2.00 e. The van der Waals surface area contributed by atoms with E-state index in [0.29, 0.717) is 0 Å². The van der Waals surface area contributed by atoms with Gasteiger partial charge in [0.05, 0.1) is 0 Å². The number of hydrogen-bond acceptors (Lipinski definition) is 0. The van der Waals surface area contributed by atoms with Gasteiger partial charge in [-0.05, 0) is 0 Å². The Morgan fingerprint density at radius 3 is 0.950 bits per heavy atom. The van der Waals surface area contributed by atoms with Crippen LogP contribution in [0, 0.1) is 55.4 Å². The van der Waals surface area contributed by atoms with Gasteiger partial charge in [-0.2, -0.15) is 32.8 Å². The fourth-order valence-electron chi connectivity index (χ4n) is 1.92. The molecule has 0 nitrogen and oxygen atoms in total. The zero-order valence-electron chi connectivity index (χ0n) is 13.8. The van der Waals surface area contributed by atoms with Gasteiger partial charge in [0.2, 0.25) is 0 Å². The first-order valence-electron chi connectivity index (χ1n) is 6.39. The second kappa shape index (κ2) is 9.55. The zero-order chi connectivity index (χ0) is 14.0. The average Bonchev–Trinajstić information content (AvgIpc) is 2.66. The van der Waals surface area contributed by atoms with E-state index in [9.17, 15) is 0 Å². The maximum atomic E-state index is 2.21. The van der Waals surface area contributed by atoms with E-state index in [1.807, 2.05) is 0 Å².